The van der Waals surface area contributed by atoms with Crippen molar-refractivity contribution < 1.29 is 13.6 Å². The number of nitrogens with one attached hydrogen (secondary N) is 1. The first kappa shape index (κ1) is 15.3. The Morgan fingerprint density at radius 1 is 1.09 bits per heavy atom. The minimum atomic E-state index is -1.06. The number of nitrogens with zero attached hydrogens (tertiary/aromatic N) is 1. The molecule has 0 aliphatic carbocycles. The van der Waals surface area contributed by atoms with E-state index in [1.807, 2.05) is 36.6 Å². The third kappa shape index (κ3) is 3.43. The van der Waals surface area contributed by atoms with Gasteiger partial charge in [0.1, 0.15) is 0 Å². The summed E-state index contributed by atoms with van der Waals surface area (Å²) < 4.78 is 26.1. The highest BCUT2D eigenvalue weighted by molar-refractivity contribution is 7.14. The number of hydrogen-bond acceptors (Lipinski definition) is 3. The van der Waals surface area contributed by atoms with E-state index in [1.165, 1.54) is 17.4 Å². The van der Waals surface area contributed by atoms with Crippen molar-refractivity contribution in [3.8, 4) is 11.3 Å². The fourth-order valence-corrected chi connectivity index (χ4v) is 2.71. The van der Waals surface area contributed by atoms with Gasteiger partial charge in [0.15, 0.2) is 16.8 Å². The monoisotopic (exact) mass is 330 g/mol. The molecular formula is C17H12F2N2OS. The van der Waals surface area contributed by atoms with Gasteiger partial charge in [-0.15, -0.1) is 11.3 Å². The maximum Gasteiger partial charge on any atom is 0.257 e. The topological polar surface area (TPSA) is 42.0 Å². The standard InChI is InChI=1S/C17H12F2N2OS/c1-10-2-4-11(5-3-10)15-9-23-17(20-15)21-16(22)12-6-7-13(18)14(19)8-12/h2-9H,1H3,(H,20,21,22). The van der Waals surface area contributed by atoms with Crippen LogP contribution in [0.3, 0.4) is 0 Å². The van der Waals surface area contributed by atoms with Crippen LogP contribution < -0.4 is 5.32 Å². The number of anilines is 1. The van der Waals surface area contributed by atoms with E-state index in [2.05, 4.69) is 10.3 Å². The van der Waals surface area contributed by atoms with E-state index in [-0.39, 0.29) is 5.56 Å². The van der Waals surface area contributed by atoms with Crippen LogP contribution in [-0.2, 0) is 0 Å². The number of aryl methyl sites for hydroxylation is 1. The Kier molecular flexibility index (Phi) is 4.16. The van der Waals surface area contributed by atoms with Crippen molar-refractivity contribution in [3.05, 3.63) is 70.6 Å². The highest BCUT2D eigenvalue weighted by atomic mass is 32.1. The maximum absolute atomic E-state index is 13.2. The molecule has 3 nitrogen and oxygen atoms in total. The van der Waals surface area contributed by atoms with Crippen LogP contribution in [0.25, 0.3) is 11.3 Å². The molecule has 0 spiro atoms. The summed E-state index contributed by atoms with van der Waals surface area (Å²) in [6, 6.07) is 10.9. The SMILES string of the molecule is Cc1ccc(-c2csc(NC(=O)c3ccc(F)c(F)c3)n2)cc1. The molecule has 1 aromatic heterocycles. The number of carbonyl (C=O) groups excluding carboxylic acids is 1. The first-order valence-electron chi connectivity index (χ1n) is 6.82. The summed E-state index contributed by atoms with van der Waals surface area (Å²) in [6.07, 6.45) is 0. The predicted molar refractivity (Wildman–Crippen MR) is 86.6 cm³/mol. The first-order valence-corrected chi connectivity index (χ1v) is 7.70. The summed E-state index contributed by atoms with van der Waals surface area (Å²) >= 11 is 1.27. The Hall–Kier alpha value is -2.60. The molecule has 1 amide bonds. The maximum atomic E-state index is 13.2. The van der Waals surface area contributed by atoms with E-state index in [1.54, 1.807) is 0 Å². The van der Waals surface area contributed by atoms with E-state index >= 15 is 0 Å². The highest BCUT2D eigenvalue weighted by Gasteiger charge is 2.12. The van der Waals surface area contributed by atoms with Crippen LogP contribution in [0, 0.1) is 18.6 Å². The van der Waals surface area contributed by atoms with Gasteiger partial charge in [-0.2, -0.15) is 0 Å². The van der Waals surface area contributed by atoms with E-state index in [0.29, 0.717) is 5.13 Å². The molecule has 0 bridgehead atoms. The number of halogens is 2. The summed E-state index contributed by atoms with van der Waals surface area (Å²) in [4.78, 5) is 16.4. The molecule has 0 saturated carbocycles. The zero-order valence-electron chi connectivity index (χ0n) is 12.1. The lowest BCUT2D eigenvalue weighted by atomic mass is 10.1. The second-order valence-electron chi connectivity index (χ2n) is 4.99. The Labute approximate surface area is 135 Å². The van der Waals surface area contributed by atoms with Crippen molar-refractivity contribution in [2.75, 3.05) is 5.32 Å². The molecule has 0 fully saturated rings. The molecular weight excluding hydrogens is 318 g/mol. The second-order valence-corrected chi connectivity index (χ2v) is 5.85. The number of rotatable bonds is 3. The molecule has 0 aliphatic heterocycles. The average Bonchev–Trinajstić information content (AvgIpc) is 2.99. The second kappa shape index (κ2) is 6.26. The lowest BCUT2D eigenvalue weighted by Gasteiger charge is -2.02. The van der Waals surface area contributed by atoms with Gasteiger partial charge in [-0.1, -0.05) is 29.8 Å². The minimum Gasteiger partial charge on any atom is -0.298 e. The summed E-state index contributed by atoms with van der Waals surface area (Å²) in [5.41, 5.74) is 2.88. The molecule has 0 radical (unpaired) electrons. The van der Waals surface area contributed by atoms with Gasteiger partial charge in [0.05, 0.1) is 5.69 Å². The number of aromatic nitrogens is 1. The molecule has 0 atom stereocenters. The molecule has 3 aromatic rings. The van der Waals surface area contributed by atoms with Crippen molar-refractivity contribution in [1.29, 1.82) is 0 Å². The Morgan fingerprint density at radius 3 is 2.52 bits per heavy atom. The van der Waals surface area contributed by atoms with Gasteiger partial charge >= 0.3 is 0 Å². The van der Waals surface area contributed by atoms with Crippen LogP contribution in [0.15, 0.2) is 47.8 Å². The normalized spacial score (nSPS) is 10.6. The molecule has 0 unspecified atom stereocenters. The van der Waals surface area contributed by atoms with Gasteiger partial charge in [0, 0.05) is 16.5 Å². The number of benzene rings is 2. The molecule has 1 N–H and O–H groups in total. The van der Waals surface area contributed by atoms with Crippen LogP contribution in [-0.4, -0.2) is 10.9 Å². The van der Waals surface area contributed by atoms with Crippen LogP contribution in [0.5, 0.6) is 0 Å². The first-order chi connectivity index (χ1) is 11.0. The van der Waals surface area contributed by atoms with E-state index in [0.717, 1.165) is 29.0 Å². The highest BCUT2D eigenvalue weighted by Crippen LogP contribution is 2.25. The summed E-state index contributed by atoms with van der Waals surface area (Å²) in [6.45, 7) is 2.00. The van der Waals surface area contributed by atoms with Crippen LogP contribution in [0.1, 0.15) is 15.9 Å². The lowest BCUT2D eigenvalue weighted by Crippen LogP contribution is -2.12. The largest absolute Gasteiger partial charge is 0.298 e. The van der Waals surface area contributed by atoms with Crippen LogP contribution in [0.4, 0.5) is 13.9 Å². The Morgan fingerprint density at radius 2 is 1.83 bits per heavy atom. The van der Waals surface area contributed by atoms with E-state index < -0.39 is 17.5 Å². The molecule has 23 heavy (non-hydrogen) atoms. The summed E-state index contributed by atoms with van der Waals surface area (Å²) in [5.74, 6) is -2.58. The van der Waals surface area contributed by atoms with Crippen LogP contribution in [0.2, 0.25) is 0 Å². The lowest BCUT2D eigenvalue weighted by molar-refractivity contribution is 0.102. The zero-order chi connectivity index (χ0) is 16.4. The molecule has 116 valence electrons. The van der Waals surface area contributed by atoms with E-state index in [9.17, 15) is 13.6 Å². The van der Waals surface area contributed by atoms with Crippen molar-refractivity contribution in [3.63, 3.8) is 0 Å². The molecule has 1 heterocycles. The summed E-state index contributed by atoms with van der Waals surface area (Å²) in [7, 11) is 0. The van der Waals surface area contributed by atoms with Gasteiger partial charge in [0.2, 0.25) is 0 Å². The van der Waals surface area contributed by atoms with Crippen LogP contribution >= 0.6 is 11.3 Å². The number of thiazole rings is 1. The third-order valence-electron chi connectivity index (χ3n) is 3.25. The zero-order valence-corrected chi connectivity index (χ0v) is 13.0. The molecule has 0 aliphatic rings. The average molecular weight is 330 g/mol. The number of carbonyl (C=O) groups is 1. The van der Waals surface area contributed by atoms with Crippen molar-refractivity contribution in [2.24, 2.45) is 0 Å². The predicted octanol–water partition coefficient (Wildman–Crippen LogP) is 4.65. The van der Waals surface area contributed by atoms with E-state index in [4.69, 9.17) is 0 Å². The van der Waals surface area contributed by atoms with Crippen molar-refractivity contribution in [2.45, 2.75) is 6.92 Å². The quantitative estimate of drug-likeness (QED) is 0.759. The van der Waals surface area contributed by atoms with Gasteiger partial charge in [-0.25, -0.2) is 13.8 Å². The fourth-order valence-electron chi connectivity index (χ4n) is 1.99. The van der Waals surface area contributed by atoms with Crippen molar-refractivity contribution in [1.82, 2.24) is 4.98 Å². The Bertz CT molecular complexity index is 859. The van der Waals surface area contributed by atoms with Gasteiger partial charge < -0.3 is 0 Å². The molecule has 6 heteroatoms. The Balaban J connectivity index is 1.77. The smallest absolute Gasteiger partial charge is 0.257 e. The summed E-state index contributed by atoms with van der Waals surface area (Å²) in [5, 5.41) is 4.81. The molecule has 0 saturated heterocycles. The minimum absolute atomic E-state index is 0.0379. The van der Waals surface area contributed by atoms with Gasteiger partial charge in [-0.3, -0.25) is 10.1 Å². The van der Waals surface area contributed by atoms with Gasteiger partial charge in [-0.05, 0) is 25.1 Å². The molecule has 3 rings (SSSR count). The van der Waals surface area contributed by atoms with Gasteiger partial charge in [0.25, 0.3) is 5.91 Å². The number of amides is 1. The van der Waals surface area contributed by atoms with Crippen molar-refractivity contribution >= 4 is 22.4 Å². The number of hydrogen-bond donors (Lipinski definition) is 1. The third-order valence-corrected chi connectivity index (χ3v) is 4.01. The fraction of sp³-hybridized carbons (Fsp3) is 0.0588. The molecule has 2 aromatic carbocycles.